The molecule has 0 saturated carbocycles. The van der Waals surface area contributed by atoms with E-state index in [-0.39, 0.29) is 24.6 Å². The Labute approximate surface area is 156 Å². The lowest BCUT2D eigenvalue weighted by molar-refractivity contribution is -0.150. The highest BCUT2D eigenvalue weighted by atomic mass is 127. The van der Waals surface area contributed by atoms with Gasteiger partial charge in [-0.3, -0.25) is 4.79 Å². The minimum absolute atomic E-state index is 0.126. The molecule has 6 heteroatoms. The zero-order valence-corrected chi connectivity index (χ0v) is 16.5. The van der Waals surface area contributed by atoms with E-state index in [1.165, 1.54) is 0 Å². The summed E-state index contributed by atoms with van der Waals surface area (Å²) in [6, 6.07) is 7.83. The number of ether oxygens (including phenoxy) is 2. The van der Waals surface area contributed by atoms with Gasteiger partial charge in [0.25, 0.3) is 0 Å². The van der Waals surface area contributed by atoms with E-state index in [2.05, 4.69) is 22.6 Å². The zero-order chi connectivity index (χ0) is 17.7. The Balaban J connectivity index is 1.76. The summed E-state index contributed by atoms with van der Waals surface area (Å²) in [4.78, 5) is 25.8. The van der Waals surface area contributed by atoms with E-state index >= 15 is 0 Å². The Morgan fingerprint density at radius 1 is 1.25 bits per heavy atom. The van der Waals surface area contributed by atoms with Crippen molar-refractivity contribution >= 4 is 34.7 Å². The van der Waals surface area contributed by atoms with Crippen LogP contribution in [0.3, 0.4) is 0 Å². The molecule has 1 aromatic rings. The van der Waals surface area contributed by atoms with Crippen molar-refractivity contribution in [3.8, 4) is 0 Å². The third kappa shape index (κ3) is 6.30. The molecule has 0 spiro atoms. The second kappa shape index (κ2) is 8.18. The predicted octanol–water partition coefficient (Wildman–Crippen LogP) is 3.78. The van der Waals surface area contributed by atoms with Crippen LogP contribution in [-0.4, -0.2) is 41.8 Å². The Hall–Kier alpha value is -1.31. The van der Waals surface area contributed by atoms with Crippen LogP contribution in [0.1, 0.15) is 39.2 Å². The fourth-order valence-electron chi connectivity index (χ4n) is 2.52. The second-order valence-electron chi connectivity index (χ2n) is 6.96. The maximum Gasteiger partial charge on any atom is 0.410 e. The molecule has 1 amide bonds. The third-order valence-electron chi connectivity index (χ3n) is 3.63. The molecule has 1 heterocycles. The van der Waals surface area contributed by atoms with Crippen molar-refractivity contribution in [3.63, 3.8) is 0 Å². The lowest BCUT2D eigenvalue weighted by atomic mass is 10.1. The highest BCUT2D eigenvalue weighted by Crippen LogP contribution is 2.18. The quantitative estimate of drug-likeness (QED) is 0.525. The van der Waals surface area contributed by atoms with Crippen LogP contribution in [0.25, 0.3) is 0 Å². The number of esters is 1. The van der Waals surface area contributed by atoms with Crippen molar-refractivity contribution < 1.29 is 19.1 Å². The normalized spacial score (nSPS) is 15.9. The van der Waals surface area contributed by atoms with Crippen molar-refractivity contribution in [2.75, 3.05) is 13.1 Å². The van der Waals surface area contributed by atoms with Crippen LogP contribution in [0.2, 0.25) is 0 Å². The molecule has 0 N–H and O–H groups in total. The monoisotopic (exact) mass is 445 g/mol. The van der Waals surface area contributed by atoms with Crippen molar-refractivity contribution in [1.82, 2.24) is 4.90 Å². The first kappa shape index (κ1) is 19.0. The van der Waals surface area contributed by atoms with Crippen LogP contribution in [0, 0.1) is 3.57 Å². The van der Waals surface area contributed by atoms with Gasteiger partial charge in [-0.15, -0.1) is 0 Å². The van der Waals surface area contributed by atoms with E-state index in [4.69, 9.17) is 9.47 Å². The Kier molecular flexibility index (Phi) is 6.48. The molecule has 1 saturated heterocycles. The standard InChI is InChI=1S/C18H24INO4/c1-18(2,3)24-17(22)20-9-7-15(8-10-20)23-16(21)12-13-5-4-6-14(19)11-13/h4-6,11,15H,7-10,12H2,1-3H3. The van der Waals surface area contributed by atoms with Gasteiger partial charge in [0.15, 0.2) is 0 Å². The summed E-state index contributed by atoms with van der Waals surface area (Å²) in [5.74, 6) is -0.215. The lowest BCUT2D eigenvalue weighted by Gasteiger charge is -2.33. The molecule has 0 unspecified atom stereocenters. The number of piperidine rings is 1. The third-order valence-corrected chi connectivity index (χ3v) is 4.30. The van der Waals surface area contributed by atoms with E-state index < -0.39 is 5.60 Å². The smallest absolute Gasteiger partial charge is 0.410 e. The molecule has 0 aromatic heterocycles. The van der Waals surface area contributed by atoms with Gasteiger partial charge in [0.1, 0.15) is 11.7 Å². The van der Waals surface area contributed by atoms with Gasteiger partial charge in [0.05, 0.1) is 6.42 Å². The number of carbonyl (C=O) groups excluding carboxylic acids is 2. The van der Waals surface area contributed by atoms with Crippen LogP contribution in [0.4, 0.5) is 4.79 Å². The summed E-state index contributed by atoms with van der Waals surface area (Å²) in [5, 5.41) is 0. The van der Waals surface area contributed by atoms with E-state index in [1.54, 1.807) is 4.90 Å². The summed E-state index contributed by atoms with van der Waals surface area (Å²) in [6.45, 7) is 6.66. The van der Waals surface area contributed by atoms with Crippen molar-refractivity contribution in [3.05, 3.63) is 33.4 Å². The lowest BCUT2D eigenvalue weighted by Crippen LogP contribution is -2.43. The first-order valence-electron chi connectivity index (χ1n) is 8.15. The average molecular weight is 445 g/mol. The molecule has 0 bridgehead atoms. The van der Waals surface area contributed by atoms with Crippen molar-refractivity contribution in [1.29, 1.82) is 0 Å². The minimum atomic E-state index is -0.492. The molecule has 0 aliphatic carbocycles. The molecule has 0 radical (unpaired) electrons. The summed E-state index contributed by atoms with van der Waals surface area (Å²) in [5.41, 5.74) is 0.464. The Morgan fingerprint density at radius 3 is 2.50 bits per heavy atom. The summed E-state index contributed by atoms with van der Waals surface area (Å²) in [6.07, 6.45) is 1.16. The molecule has 24 heavy (non-hydrogen) atoms. The SMILES string of the molecule is CC(C)(C)OC(=O)N1CCC(OC(=O)Cc2cccc(I)c2)CC1. The summed E-state index contributed by atoms with van der Waals surface area (Å²) >= 11 is 2.22. The predicted molar refractivity (Wildman–Crippen MR) is 99.8 cm³/mol. The zero-order valence-electron chi connectivity index (χ0n) is 14.4. The number of benzene rings is 1. The molecular weight excluding hydrogens is 421 g/mol. The van der Waals surface area contributed by atoms with Gasteiger partial charge in [-0.1, -0.05) is 12.1 Å². The highest BCUT2D eigenvalue weighted by molar-refractivity contribution is 14.1. The van der Waals surface area contributed by atoms with Crippen LogP contribution in [0.5, 0.6) is 0 Å². The van der Waals surface area contributed by atoms with E-state index in [1.807, 2.05) is 45.0 Å². The van der Waals surface area contributed by atoms with Crippen LogP contribution in [-0.2, 0) is 20.7 Å². The van der Waals surface area contributed by atoms with Gasteiger partial charge in [-0.05, 0) is 61.1 Å². The molecular formula is C18H24INO4. The van der Waals surface area contributed by atoms with Gasteiger partial charge in [0.2, 0.25) is 0 Å². The topological polar surface area (TPSA) is 55.8 Å². The number of carbonyl (C=O) groups is 2. The van der Waals surface area contributed by atoms with Gasteiger partial charge in [-0.25, -0.2) is 4.79 Å². The minimum Gasteiger partial charge on any atom is -0.462 e. The molecule has 2 rings (SSSR count). The molecule has 1 aromatic carbocycles. The summed E-state index contributed by atoms with van der Waals surface area (Å²) in [7, 11) is 0. The molecule has 1 fully saturated rings. The maximum atomic E-state index is 12.1. The van der Waals surface area contributed by atoms with Crippen LogP contribution < -0.4 is 0 Å². The molecule has 5 nitrogen and oxygen atoms in total. The fourth-order valence-corrected chi connectivity index (χ4v) is 3.13. The van der Waals surface area contributed by atoms with Gasteiger partial charge in [0, 0.05) is 29.5 Å². The number of likely N-dealkylation sites (tertiary alicyclic amines) is 1. The van der Waals surface area contributed by atoms with E-state index in [0.29, 0.717) is 25.9 Å². The molecule has 132 valence electrons. The van der Waals surface area contributed by atoms with E-state index in [9.17, 15) is 9.59 Å². The highest BCUT2D eigenvalue weighted by Gasteiger charge is 2.28. The van der Waals surface area contributed by atoms with Crippen molar-refractivity contribution in [2.45, 2.75) is 51.7 Å². The number of amides is 1. The number of hydrogen-bond donors (Lipinski definition) is 0. The maximum absolute atomic E-state index is 12.1. The van der Waals surface area contributed by atoms with Gasteiger partial charge >= 0.3 is 12.1 Å². The second-order valence-corrected chi connectivity index (χ2v) is 8.21. The molecule has 1 aliphatic heterocycles. The number of halogens is 1. The number of hydrogen-bond acceptors (Lipinski definition) is 4. The van der Waals surface area contributed by atoms with Crippen LogP contribution >= 0.6 is 22.6 Å². The van der Waals surface area contributed by atoms with Gasteiger partial charge < -0.3 is 14.4 Å². The Morgan fingerprint density at radius 2 is 1.92 bits per heavy atom. The fraction of sp³-hybridized carbons (Fsp3) is 0.556. The summed E-state index contributed by atoms with van der Waals surface area (Å²) < 4.78 is 12.0. The number of rotatable bonds is 3. The Bertz CT molecular complexity index is 589. The number of nitrogens with zero attached hydrogens (tertiary/aromatic N) is 1. The molecule has 1 aliphatic rings. The van der Waals surface area contributed by atoms with Crippen LogP contribution in [0.15, 0.2) is 24.3 Å². The average Bonchev–Trinajstić information content (AvgIpc) is 2.46. The first-order chi connectivity index (χ1) is 11.2. The first-order valence-corrected chi connectivity index (χ1v) is 9.23. The van der Waals surface area contributed by atoms with Gasteiger partial charge in [-0.2, -0.15) is 0 Å². The largest absolute Gasteiger partial charge is 0.462 e. The van der Waals surface area contributed by atoms with Crippen molar-refractivity contribution in [2.24, 2.45) is 0 Å². The van der Waals surface area contributed by atoms with E-state index in [0.717, 1.165) is 9.13 Å². The molecule has 0 atom stereocenters.